The summed E-state index contributed by atoms with van der Waals surface area (Å²) < 4.78 is 11.5. The highest BCUT2D eigenvalue weighted by atomic mass is 16.5. The zero-order valence-electron chi connectivity index (χ0n) is 15.7. The second-order valence-electron chi connectivity index (χ2n) is 7.21. The third kappa shape index (κ3) is 4.15. The molecule has 1 aliphatic heterocycles. The number of ether oxygens (including phenoxy) is 1. The maximum atomic E-state index is 12.8. The van der Waals surface area contributed by atoms with E-state index in [1.54, 1.807) is 29.2 Å². The largest absolute Gasteiger partial charge is 0.451 e. The molecule has 28 heavy (non-hydrogen) atoms. The molecule has 2 aromatic carbocycles. The van der Waals surface area contributed by atoms with Gasteiger partial charge in [-0.1, -0.05) is 42.5 Å². The van der Waals surface area contributed by atoms with Crippen LogP contribution in [0, 0.1) is 5.92 Å². The van der Waals surface area contributed by atoms with Gasteiger partial charge >= 0.3 is 0 Å². The topological polar surface area (TPSA) is 59.8 Å². The molecule has 1 amide bonds. The van der Waals surface area contributed by atoms with E-state index < -0.39 is 0 Å². The van der Waals surface area contributed by atoms with E-state index >= 15 is 0 Å². The summed E-state index contributed by atoms with van der Waals surface area (Å²) in [6, 6.07) is 18.4. The highest BCUT2D eigenvalue weighted by Gasteiger charge is 2.25. The van der Waals surface area contributed by atoms with Crippen molar-refractivity contribution in [1.29, 1.82) is 0 Å². The second-order valence-corrected chi connectivity index (χ2v) is 7.21. The lowest BCUT2D eigenvalue weighted by Crippen LogP contribution is -2.39. The molecule has 0 unspecified atom stereocenters. The Morgan fingerprint density at radius 3 is 2.54 bits per heavy atom. The molecule has 0 spiro atoms. The molecule has 4 rings (SSSR count). The summed E-state index contributed by atoms with van der Waals surface area (Å²) in [4.78, 5) is 26.8. The lowest BCUT2D eigenvalue weighted by molar-refractivity contribution is 0.0461. The molecule has 1 saturated heterocycles. The Hall–Kier alpha value is -2.92. The number of likely N-dealkylation sites (tertiary alicyclic amines) is 1. The molecule has 0 aliphatic carbocycles. The Balaban J connectivity index is 1.32. The molecule has 1 aliphatic rings. The van der Waals surface area contributed by atoms with E-state index in [4.69, 9.17) is 9.15 Å². The fraction of sp³-hybridized carbons (Fsp3) is 0.304. The van der Waals surface area contributed by atoms with E-state index in [9.17, 15) is 9.59 Å². The fourth-order valence-corrected chi connectivity index (χ4v) is 3.59. The lowest BCUT2D eigenvalue weighted by Gasteiger charge is -2.31. The number of para-hydroxylation sites is 1. The van der Waals surface area contributed by atoms with Crippen molar-refractivity contribution < 1.29 is 13.9 Å². The van der Waals surface area contributed by atoms with Crippen LogP contribution in [-0.2, 0) is 11.3 Å². The van der Waals surface area contributed by atoms with Crippen molar-refractivity contribution in [2.45, 2.75) is 19.4 Å². The zero-order chi connectivity index (χ0) is 19.3. The second kappa shape index (κ2) is 8.40. The van der Waals surface area contributed by atoms with Crippen LogP contribution in [0.25, 0.3) is 11.0 Å². The van der Waals surface area contributed by atoms with Crippen LogP contribution in [0.2, 0.25) is 0 Å². The van der Waals surface area contributed by atoms with E-state index in [0.29, 0.717) is 43.2 Å². The first-order chi connectivity index (χ1) is 13.7. The molecule has 0 saturated carbocycles. The first-order valence-corrected chi connectivity index (χ1v) is 9.64. The van der Waals surface area contributed by atoms with E-state index in [2.05, 4.69) is 12.1 Å². The van der Waals surface area contributed by atoms with E-state index in [-0.39, 0.29) is 17.1 Å². The van der Waals surface area contributed by atoms with Gasteiger partial charge in [-0.2, -0.15) is 0 Å². The SMILES string of the molecule is O=C(c1cc(=O)c2ccccc2o1)N1CCC(COCc2ccccc2)CC1. The predicted octanol–water partition coefficient (Wildman–Crippen LogP) is 3.86. The zero-order valence-corrected chi connectivity index (χ0v) is 15.7. The molecule has 5 nitrogen and oxygen atoms in total. The smallest absolute Gasteiger partial charge is 0.289 e. The van der Waals surface area contributed by atoms with Crippen LogP contribution >= 0.6 is 0 Å². The Morgan fingerprint density at radius 1 is 1.04 bits per heavy atom. The van der Waals surface area contributed by atoms with E-state index in [0.717, 1.165) is 12.8 Å². The van der Waals surface area contributed by atoms with Crippen LogP contribution < -0.4 is 5.43 Å². The van der Waals surface area contributed by atoms with E-state index in [1.165, 1.54) is 11.6 Å². The van der Waals surface area contributed by atoms with Crippen molar-refractivity contribution in [3.8, 4) is 0 Å². The number of amides is 1. The van der Waals surface area contributed by atoms with Crippen molar-refractivity contribution in [2.24, 2.45) is 5.92 Å². The van der Waals surface area contributed by atoms with Crippen LogP contribution in [-0.4, -0.2) is 30.5 Å². The normalized spacial score (nSPS) is 15.1. The van der Waals surface area contributed by atoms with Gasteiger partial charge in [-0.3, -0.25) is 9.59 Å². The number of hydrogen-bond donors (Lipinski definition) is 0. The van der Waals surface area contributed by atoms with Crippen molar-refractivity contribution in [1.82, 2.24) is 4.90 Å². The monoisotopic (exact) mass is 377 g/mol. The lowest BCUT2D eigenvalue weighted by atomic mass is 9.97. The molecular weight excluding hydrogens is 354 g/mol. The molecule has 144 valence electrons. The molecule has 1 fully saturated rings. The molecule has 0 N–H and O–H groups in total. The Bertz CT molecular complexity index is 1000. The van der Waals surface area contributed by atoms with Gasteiger partial charge in [-0.15, -0.1) is 0 Å². The summed E-state index contributed by atoms with van der Waals surface area (Å²) >= 11 is 0. The van der Waals surface area contributed by atoms with Crippen LogP contribution in [0.1, 0.15) is 29.0 Å². The molecule has 0 atom stereocenters. The van der Waals surface area contributed by atoms with Gasteiger partial charge in [0.05, 0.1) is 12.0 Å². The molecule has 3 aromatic rings. The van der Waals surface area contributed by atoms with Gasteiger partial charge in [-0.05, 0) is 36.5 Å². The summed E-state index contributed by atoms with van der Waals surface area (Å²) in [5.41, 5.74) is 1.43. The van der Waals surface area contributed by atoms with E-state index in [1.807, 2.05) is 18.2 Å². The van der Waals surface area contributed by atoms with Crippen LogP contribution in [0.3, 0.4) is 0 Å². The minimum atomic E-state index is -0.216. The highest BCUT2D eigenvalue weighted by molar-refractivity contribution is 5.93. The number of nitrogens with zero attached hydrogens (tertiary/aromatic N) is 1. The van der Waals surface area contributed by atoms with Crippen molar-refractivity contribution >= 4 is 16.9 Å². The number of rotatable bonds is 5. The number of carbonyl (C=O) groups excluding carboxylic acids is 1. The number of piperidine rings is 1. The predicted molar refractivity (Wildman–Crippen MR) is 107 cm³/mol. The molecule has 5 heteroatoms. The van der Waals surface area contributed by atoms with Crippen LogP contribution in [0.15, 0.2) is 69.9 Å². The standard InChI is InChI=1S/C23H23NO4/c25-20-14-22(28-21-9-5-4-8-19(20)21)23(26)24-12-10-18(11-13-24)16-27-15-17-6-2-1-3-7-17/h1-9,14,18H,10-13,15-16H2. The highest BCUT2D eigenvalue weighted by Crippen LogP contribution is 2.21. The number of carbonyl (C=O) groups is 1. The summed E-state index contributed by atoms with van der Waals surface area (Å²) in [6.45, 7) is 2.60. The third-order valence-corrected chi connectivity index (χ3v) is 5.21. The minimum Gasteiger partial charge on any atom is -0.451 e. The summed E-state index contributed by atoms with van der Waals surface area (Å²) in [5, 5.41) is 0.494. The summed E-state index contributed by atoms with van der Waals surface area (Å²) in [5.74, 6) is 0.338. The quantitative estimate of drug-likeness (QED) is 0.677. The maximum absolute atomic E-state index is 12.8. The Morgan fingerprint density at radius 2 is 1.75 bits per heavy atom. The first-order valence-electron chi connectivity index (χ1n) is 9.64. The molecule has 1 aromatic heterocycles. The Labute approximate surface area is 163 Å². The number of benzene rings is 2. The molecule has 2 heterocycles. The van der Waals surface area contributed by atoms with Gasteiger partial charge in [0.15, 0.2) is 11.2 Å². The first kappa shape index (κ1) is 18.4. The van der Waals surface area contributed by atoms with Crippen LogP contribution in [0.5, 0.6) is 0 Å². The van der Waals surface area contributed by atoms with Crippen LogP contribution in [0.4, 0.5) is 0 Å². The molecule has 0 bridgehead atoms. The van der Waals surface area contributed by atoms with Gasteiger partial charge < -0.3 is 14.1 Å². The minimum absolute atomic E-state index is 0.113. The van der Waals surface area contributed by atoms with Crippen molar-refractivity contribution in [2.75, 3.05) is 19.7 Å². The number of hydrogen-bond acceptors (Lipinski definition) is 4. The average molecular weight is 377 g/mol. The van der Waals surface area contributed by atoms with Crippen molar-refractivity contribution in [3.63, 3.8) is 0 Å². The average Bonchev–Trinajstić information content (AvgIpc) is 2.74. The Kier molecular flexibility index (Phi) is 5.53. The molecule has 0 radical (unpaired) electrons. The summed E-state index contributed by atoms with van der Waals surface area (Å²) in [6.07, 6.45) is 1.77. The summed E-state index contributed by atoms with van der Waals surface area (Å²) in [7, 11) is 0. The van der Waals surface area contributed by atoms with Gasteiger partial charge in [0.2, 0.25) is 0 Å². The number of fused-ring (bicyclic) bond motifs is 1. The van der Waals surface area contributed by atoms with Gasteiger partial charge in [0, 0.05) is 25.8 Å². The van der Waals surface area contributed by atoms with Gasteiger partial charge in [0.25, 0.3) is 5.91 Å². The fourth-order valence-electron chi connectivity index (χ4n) is 3.59. The third-order valence-electron chi connectivity index (χ3n) is 5.21. The van der Waals surface area contributed by atoms with Gasteiger partial charge in [0.1, 0.15) is 5.58 Å². The van der Waals surface area contributed by atoms with Gasteiger partial charge in [-0.25, -0.2) is 0 Å². The molecular formula is C23H23NO4. The van der Waals surface area contributed by atoms with Crippen molar-refractivity contribution in [3.05, 3.63) is 82.2 Å². The maximum Gasteiger partial charge on any atom is 0.289 e.